The average molecular weight is 518 g/mol. The molecular formula is C19H24IN2O5P. The third kappa shape index (κ3) is 6.68. The SMILES string of the molecule is CNc1ccc(OP(=O)(N[C@@H](C)C(=O)OC(C)C)Oc2ccccc2)c(I)c1. The summed E-state index contributed by atoms with van der Waals surface area (Å²) in [4.78, 5) is 12.2. The van der Waals surface area contributed by atoms with Crippen LogP contribution in [0.15, 0.2) is 48.5 Å². The first-order chi connectivity index (χ1) is 13.2. The number of hydrogen-bond acceptors (Lipinski definition) is 6. The van der Waals surface area contributed by atoms with Crippen molar-refractivity contribution in [3.05, 3.63) is 52.1 Å². The van der Waals surface area contributed by atoms with E-state index in [0.717, 1.165) is 9.26 Å². The molecule has 28 heavy (non-hydrogen) atoms. The summed E-state index contributed by atoms with van der Waals surface area (Å²) in [6.45, 7) is 5.03. The molecule has 0 spiro atoms. The highest BCUT2D eigenvalue weighted by Gasteiger charge is 2.34. The first kappa shape index (κ1) is 22.5. The van der Waals surface area contributed by atoms with E-state index < -0.39 is 19.8 Å². The summed E-state index contributed by atoms with van der Waals surface area (Å²) in [6, 6.07) is 13.1. The lowest BCUT2D eigenvalue weighted by molar-refractivity contribution is -0.149. The normalized spacial score (nSPS) is 14.1. The monoisotopic (exact) mass is 518 g/mol. The molecule has 0 amide bonds. The third-order valence-electron chi connectivity index (χ3n) is 3.47. The minimum Gasteiger partial charge on any atom is -0.462 e. The van der Waals surface area contributed by atoms with Crippen LogP contribution in [0.25, 0.3) is 0 Å². The molecule has 1 unspecified atom stereocenters. The number of ether oxygens (including phenoxy) is 1. The molecule has 0 heterocycles. The van der Waals surface area contributed by atoms with E-state index in [1.807, 2.05) is 12.1 Å². The number of hydrogen-bond donors (Lipinski definition) is 2. The molecule has 2 atom stereocenters. The molecule has 0 saturated heterocycles. The van der Waals surface area contributed by atoms with Crippen LogP contribution >= 0.6 is 30.3 Å². The number of para-hydroxylation sites is 1. The van der Waals surface area contributed by atoms with Crippen molar-refractivity contribution in [2.24, 2.45) is 0 Å². The highest BCUT2D eigenvalue weighted by atomic mass is 127. The smallest absolute Gasteiger partial charge is 0.462 e. The van der Waals surface area contributed by atoms with E-state index in [-0.39, 0.29) is 6.10 Å². The molecule has 0 bridgehead atoms. The number of carbonyl (C=O) groups excluding carboxylic acids is 1. The maximum atomic E-state index is 13.5. The molecule has 0 aliphatic rings. The molecule has 152 valence electrons. The number of nitrogens with one attached hydrogen (secondary N) is 2. The molecule has 0 aliphatic carbocycles. The molecule has 0 radical (unpaired) electrons. The van der Waals surface area contributed by atoms with E-state index in [4.69, 9.17) is 13.8 Å². The lowest BCUT2D eigenvalue weighted by Gasteiger charge is -2.24. The van der Waals surface area contributed by atoms with Crippen molar-refractivity contribution in [3.63, 3.8) is 0 Å². The fourth-order valence-electron chi connectivity index (χ4n) is 2.18. The van der Waals surface area contributed by atoms with Crippen molar-refractivity contribution in [3.8, 4) is 11.5 Å². The van der Waals surface area contributed by atoms with E-state index in [1.165, 1.54) is 0 Å². The summed E-state index contributed by atoms with van der Waals surface area (Å²) < 4.78 is 30.8. The van der Waals surface area contributed by atoms with Gasteiger partial charge in [-0.05, 0) is 73.7 Å². The van der Waals surface area contributed by atoms with E-state index in [0.29, 0.717) is 11.5 Å². The van der Waals surface area contributed by atoms with Gasteiger partial charge in [0.1, 0.15) is 17.5 Å². The van der Waals surface area contributed by atoms with Gasteiger partial charge in [-0.15, -0.1) is 0 Å². The van der Waals surface area contributed by atoms with Crippen molar-refractivity contribution >= 4 is 42.0 Å². The van der Waals surface area contributed by atoms with Gasteiger partial charge >= 0.3 is 13.7 Å². The first-order valence-electron chi connectivity index (χ1n) is 8.72. The van der Waals surface area contributed by atoms with E-state index in [1.54, 1.807) is 64.2 Å². The Labute approximate surface area is 178 Å². The van der Waals surface area contributed by atoms with Gasteiger partial charge in [-0.1, -0.05) is 18.2 Å². The quantitative estimate of drug-likeness (QED) is 0.280. The van der Waals surface area contributed by atoms with E-state index in [2.05, 4.69) is 33.0 Å². The number of esters is 1. The van der Waals surface area contributed by atoms with Gasteiger partial charge in [0.25, 0.3) is 0 Å². The largest absolute Gasteiger partial charge is 0.513 e. The van der Waals surface area contributed by atoms with Gasteiger partial charge in [0, 0.05) is 12.7 Å². The molecule has 2 rings (SSSR count). The topological polar surface area (TPSA) is 85.9 Å². The Morgan fingerprint density at radius 1 is 1.07 bits per heavy atom. The third-order valence-corrected chi connectivity index (χ3v) is 5.90. The highest BCUT2D eigenvalue weighted by molar-refractivity contribution is 14.1. The first-order valence-corrected chi connectivity index (χ1v) is 11.3. The van der Waals surface area contributed by atoms with Crippen LogP contribution in [0.3, 0.4) is 0 Å². The van der Waals surface area contributed by atoms with Crippen LogP contribution in [0.2, 0.25) is 0 Å². The van der Waals surface area contributed by atoms with Crippen LogP contribution < -0.4 is 19.5 Å². The summed E-state index contributed by atoms with van der Waals surface area (Å²) in [5.41, 5.74) is 0.886. The highest BCUT2D eigenvalue weighted by Crippen LogP contribution is 2.46. The molecule has 2 aromatic rings. The van der Waals surface area contributed by atoms with Gasteiger partial charge in [0.15, 0.2) is 0 Å². The second kappa shape index (κ2) is 10.1. The Bertz CT molecular complexity index is 847. The molecule has 0 aliphatic heterocycles. The summed E-state index contributed by atoms with van der Waals surface area (Å²) in [5.74, 6) is 0.177. The van der Waals surface area contributed by atoms with E-state index >= 15 is 0 Å². The zero-order valence-corrected chi connectivity index (χ0v) is 19.2. The van der Waals surface area contributed by atoms with Crippen molar-refractivity contribution in [2.75, 3.05) is 12.4 Å². The second-order valence-electron chi connectivity index (χ2n) is 6.22. The zero-order valence-electron chi connectivity index (χ0n) is 16.1. The van der Waals surface area contributed by atoms with Crippen molar-refractivity contribution in [2.45, 2.75) is 32.9 Å². The van der Waals surface area contributed by atoms with Gasteiger partial charge in [0.2, 0.25) is 0 Å². The Morgan fingerprint density at radius 2 is 1.75 bits per heavy atom. The average Bonchev–Trinajstić information content (AvgIpc) is 2.63. The summed E-state index contributed by atoms with van der Waals surface area (Å²) in [5, 5.41) is 5.69. The fraction of sp³-hybridized carbons (Fsp3) is 0.316. The minimum absolute atomic E-state index is 0.290. The fourth-order valence-corrected chi connectivity index (χ4v) is 4.51. The summed E-state index contributed by atoms with van der Waals surface area (Å²) in [6.07, 6.45) is -0.290. The van der Waals surface area contributed by atoms with Gasteiger partial charge in [-0.25, -0.2) is 4.57 Å². The molecular weight excluding hydrogens is 494 g/mol. The Balaban J connectivity index is 2.28. The number of rotatable bonds is 9. The van der Waals surface area contributed by atoms with Crippen molar-refractivity contribution < 1.29 is 23.1 Å². The Hall–Kier alpha value is -1.77. The standard InChI is InChI=1S/C19H24IN2O5P/c1-13(2)25-19(23)14(3)22-28(24,26-16-8-6-5-7-9-16)27-18-11-10-15(21-4)12-17(18)20/h5-14,21H,1-4H3,(H,22,24)/t14-,28?/m0/s1. The molecule has 2 aromatic carbocycles. The lowest BCUT2D eigenvalue weighted by atomic mass is 10.3. The van der Waals surface area contributed by atoms with Crippen molar-refractivity contribution in [1.29, 1.82) is 0 Å². The number of anilines is 1. The van der Waals surface area contributed by atoms with Crippen LogP contribution in [0.5, 0.6) is 11.5 Å². The Kier molecular flexibility index (Phi) is 8.15. The molecule has 0 saturated carbocycles. The molecule has 0 aromatic heterocycles. The number of benzene rings is 2. The van der Waals surface area contributed by atoms with Crippen molar-refractivity contribution in [1.82, 2.24) is 5.09 Å². The Morgan fingerprint density at radius 3 is 2.32 bits per heavy atom. The summed E-state index contributed by atoms with van der Waals surface area (Å²) >= 11 is 2.08. The van der Waals surface area contributed by atoms with Crippen LogP contribution in [0, 0.1) is 3.57 Å². The number of carbonyl (C=O) groups is 1. The van der Waals surface area contributed by atoms with Crippen LogP contribution in [-0.4, -0.2) is 25.2 Å². The number of halogens is 1. The maximum absolute atomic E-state index is 13.5. The van der Waals surface area contributed by atoms with Gasteiger partial charge < -0.3 is 19.1 Å². The maximum Gasteiger partial charge on any atom is 0.513 e. The molecule has 2 N–H and O–H groups in total. The van der Waals surface area contributed by atoms with Crippen LogP contribution in [0.4, 0.5) is 5.69 Å². The summed E-state index contributed by atoms with van der Waals surface area (Å²) in [7, 11) is -2.14. The zero-order chi connectivity index (χ0) is 20.7. The van der Waals surface area contributed by atoms with Gasteiger partial charge in [-0.3, -0.25) is 4.79 Å². The predicted octanol–water partition coefficient (Wildman–Crippen LogP) is 4.83. The molecule has 7 nitrogen and oxygen atoms in total. The van der Waals surface area contributed by atoms with Crippen LogP contribution in [-0.2, 0) is 14.1 Å². The predicted molar refractivity (Wildman–Crippen MR) is 118 cm³/mol. The lowest BCUT2D eigenvalue weighted by Crippen LogP contribution is -2.36. The van der Waals surface area contributed by atoms with Gasteiger partial charge in [0.05, 0.1) is 9.67 Å². The molecule has 9 heteroatoms. The molecule has 0 fully saturated rings. The minimum atomic E-state index is -3.94. The second-order valence-corrected chi connectivity index (χ2v) is 9.01. The van der Waals surface area contributed by atoms with E-state index in [9.17, 15) is 9.36 Å². The van der Waals surface area contributed by atoms with Crippen LogP contribution in [0.1, 0.15) is 20.8 Å². The van der Waals surface area contributed by atoms with Gasteiger partial charge in [-0.2, -0.15) is 5.09 Å².